The van der Waals surface area contributed by atoms with E-state index < -0.39 is 5.97 Å². The molecule has 0 aliphatic carbocycles. The highest BCUT2D eigenvalue weighted by Crippen LogP contribution is 2.29. The van der Waals surface area contributed by atoms with Gasteiger partial charge in [0, 0.05) is 25.4 Å². The maximum absolute atomic E-state index is 12.5. The molecule has 8 nitrogen and oxygen atoms in total. The topological polar surface area (TPSA) is 103 Å². The number of hydrogen-bond acceptors (Lipinski definition) is 4. The van der Waals surface area contributed by atoms with Crippen LogP contribution in [0.1, 0.15) is 35.9 Å². The minimum Gasteiger partial charge on any atom is -0.478 e. The minimum absolute atomic E-state index is 0.291. The largest absolute Gasteiger partial charge is 0.478 e. The lowest BCUT2D eigenvalue weighted by Gasteiger charge is -2.32. The van der Waals surface area contributed by atoms with Gasteiger partial charge in [0.25, 0.3) is 5.91 Å². The Hall–Kier alpha value is -3.60. The number of carboxylic acids is 1. The molecule has 0 saturated carbocycles. The molecule has 2 aromatic heterocycles. The Labute approximate surface area is 162 Å². The molecule has 3 rings (SSSR count). The second-order valence-corrected chi connectivity index (χ2v) is 6.79. The summed E-state index contributed by atoms with van der Waals surface area (Å²) in [7, 11) is 0. The maximum Gasteiger partial charge on any atom is 0.328 e. The monoisotopic (exact) mass is 379 g/mol. The average molecular weight is 379 g/mol. The summed E-state index contributed by atoms with van der Waals surface area (Å²) in [5, 5.41) is 11.7. The number of H-pyrrole nitrogens is 1. The second-order valence-electron chi connectivity index (χ2n) is 6.79. The van der Waals surface area contributed by atoms with Crippen molar-refractivity contribution in [1.29, 1.82) is 0 Å². The van der Waals surface area contributed by atoms with Crippen LogP contribution in [0.2, 0.25) is 0 Å². The Kier molecular flexibility index (Phi) is 5.75. The van der Waals surface area contributed by atoms with Gasteiger partial charge in [0.05, 0.1) is 23.6 Å². The fraction of sp³-hybridized carbons (Fsp3) is 0.300. The van der Waals surface area contributed by atoms with Crippen LogP contribution in [0.3, 0.4) is 0 Å². The Morgan fingerprint density at radius 1 is 1.39 bits per heavy atom. The predicted octanol–water partition coefficient (Wildman–Crippen LogP) is 3.55. The Morgan fingerprint density at radius 2 is 2.14 bits per heavy atom. The van der Waals surface area contributed by atoms with Crippen LogP contribution in [0.15, 0.2) is 30.5 Å². The van der Waals surface area contributed by atoms with Crippen molar-refractivity contribution in [3.63, 3.8) is 0 Å². The van der Waals surface area contributed by atoms with Gasteiger partial charge in [-0.05, 0) is 43.0 Å². The number of rotatable bonds is 5. The molecule has 1 saturated heterocycles. The minimum atomic E-state index is -1.05. The summed E-state index contributed by atoms with van der Waals surface area (Å²) in [6.07, 6.45) is 5.99. The lowest BCUT2D eigenvalue weighted by atomic mass is 9.99. The lowest BCUT2D eigenvalue weighted by molar-refractivity contribution is -0.131. The molecular formula is C20H21N5O3. The van der Waals surface area contributed by atoms with Crippen molar-refractivity contribution in [1.82, 2.24) is 9.97 Å². The highest BCUT2D eigenvalue weighted by molar-refractivity contribution is 6.05. The number of carbonyl (C=O) groups is 2. The van der Waals surface area contributed by atoms with Gasteiger partial charge in [0.2, 0.25) is 5.69 Å². The van der Waals surface area contributed by atoms with Gasteiger partial charge in [-0.15, -0.1) is 0 Å². The SMILES string of the molecule is [C-]#[N+]c1c[nH]c(C(=O)Nc2ccc(C=CC(=O)O)nc2N2CCC(C)CC2)c1. The number of aromatic nitrogens is 2. The molecule has 28 heavy (non-hydrogen) atoms. The van der Waals surface area contributed by atoms with Crippen molar-refractivity contribution in [2.75, 3.05) is 23.3 Å². The summed E-state index contributed by atoms with van der Waals surface area (Å²) >= 11 is 0. The van der Waals surface area contributed by atoms with Gasteiger partial charge in [0.1, 0.15) is 0 Å². The molecule has 0 bridgehead atoms. The zero-order valence-electron chi connectivity index (χ0n) is 15.5. The Balaban J connectivity index is 1.88. The summed E-state index contributed by atoms with van der Waals surface area (Å²) in [6.45, 7) is 10.8. The fourth-order valence-corrected chi connectivity index (χ4v) is 3.04. The number of piperidine rings is 1. The van der Waals surface area contributed by atoms with Crippen molar-refractivity contribution in [3.05, 3.63) is 53.3 Å². The smallest absolute Gasteiger partial charge is 0.328 e. The van der Waals surface area contributed by atoms with E-state index >= 15 is 0 Å². The number of nitrogens with zero attached hydrogens (tertiary/aromatic N) is 3. The predicted molar refractivity (Wildman–Crippen MR) is 107 cm³/mol. The molecule has 0 radical (unpaired) electrons. The van der Waals surface area contributed by atoms with E-state index in [4.69, 9.17) is 11.7 Å². The standard InChI is InChI=1S/C20H21N5O3/c1-13-7-9-25(10-8-13)19-16(5-3-14(23-19)4-6-18(26)27)24-20(28)17-11-15(21-2)12-22-17/h3-6,11-13,22H,7-10H2,1H3,(H,24,28)(H,26,27). The first-order valence-corrected chi connectivity index (χ1v) is 9.00. The van der Waals surface area contributed by atoms with Gasteiger partial charge in [-0.3, -0.25) is 4.79 Å². The van der Waals surface area contributed by atoms with Crippen molar-refractivity contribution >= 4 is 35.1 Å². The molecule has 0 unspecified atom stereocenters. The third kappa shape index (κ3) is 4.57. The molecule has 1 aliphatic heterocycles. The van der Waals surface area contributed by atoms with E-state index in [-0.39, 0.29) is 5.91 Å². The van der Waals surface area contributed by atoms with Crippen molar-refractivity contribution in [2.45, 2.75) is 19.8 Å². The highest BCUT2D eigenvalue weighted by Gasteiger charge is 2.21. The van der Waals surface area contributed by atoms with Crippen molar-refractivity contribution in [3.8, 4) is 0 Å². The van der Waals surface area contributed by atoms with Crippen LogP contribution in [0.25, 0.3) is 10.9 Å². The van der Waals surface area contributed by atoms with Crippen LogP contribution in [-0.4, -0.2) is 40.0 Å². The molecule has 3 N–H and O–H groups in total. The Morgan fingerprint density at radius 3 is 2.79 bits per heavy atom. The molecule has 144 valence electrons. The van der Waals surface area contributed by atoms with Gasteiger partial charge in [-0.1, -0.05) is 6.92 Å². The van der Waals surface area contributed by atoms with E-state index in [1.807, 2.05) is 0 Å². The van der Waals surface area contributed by atoms with Gasteiger partial charge < -0.3 is 20.3 Å². The summed E-state index contributed by atoms with van der Waals surface area (Å²) < 4.78 is 0. The fourth-order valence-electron chi connectivity index (χ4n) is 3.04. The first-order chi connectivity index (χ1) is 13.5. The molecule has 0 aromatic carbocycles. The summed E-state index contributed by atoms with van der Waals surface area (Å²) in [6, 6.07) is 4.87. The molecule has 1 fully saturated rings. The molecule has 1 aliphatic rings. The normalized spacial score (nSPS) is 14.8. The molecule has 2 aromatic rings. The van der Waals surface area contributed by atoms with Gasteiger partial charge in [0.15, 0.2) is 5.82 Å². The molecule has 8 heteroatoms. The number of nitrogens with one attached hydrogen (secondary N) is 2. The quantitative estimate of drug-likeness (QED) is 0.545. The number of aromatic amines is 1. The van der Waals surface area contributed by atoms with Gasteiger partial charge in [-0.2, -0.15) is 0 Å². The van der Waals surface area contributed by atoms with Crippen LogP contribution in [0, 0.1) is 12.5 Å². The molecule has 0 atom stereocenters. The molecule has 0 spiro atoms. The van der Waals surface area contributed by atoms with Gasteiger partial charge >= 0.3 is 5.97 Å². The van der Waals surface area contributed by atoms with E-state index in [0.29, 0.717) is 34.5 Å². The average Bonchev–Trinajstić information content (AvgIpc) is 3.17. The maximum atomic E-state index is 12.5. The summed E-state index contributed by atoms with van der Waals surface area (Å²) in [5.74, 6) is -0.160. The molecule has 3 heterocycles. The second kappa shape index (κ2) is 8.39. The zero-order valence-corrected chi connectivity index (χ0v) is 15.5. The van der Waals surface area contributed by atoms with E-state index in [0.717, 1.165) is 32.0 Å². The van der Waals surface area contributed by atoms with Crippen LogP contribution < -0.4 is 10.2 Å². The van der Waals surface area contributed by atoms with E-state index in [1.54, 1.807) is 12.1 Å². The number of anilines is 2. The summed E-state index contributed by atoms with van der Waals surface area (Å²) in [5.41, 5.74) is 1.71. The highest BCUT2D eigenvalue weighted by atomic mass is 16.4. The third-order valence-electron chi connectivity index (χ3n) is 4.67. The number of amides is 1. The number of aliphatic carboxylic acids is 1. The van der Waals surface area contributed by atoms with Gasteiger partial charge in [-0.25, -0.2) is 14.6 Å². The number of carbonyl (C=O) groups excluding carboxylic acids is 1. The van der Waals surface area contributed by atoms with Crippen LogP contribution >= 0.6 is 0 Å². The Bertz CT molecular complexity index is 949. The van der Waals surface area contributed by atoms with Crippen molar-refractivity contribution < 1.29 is 14.7 Å². The lowest BCUT2D eigenvalue weighted by Crippen LogP contribution is -2.34. The van der Waals surface area contributed by atoms with Crippen LogP contribution in [0.5, 0.6) is 0 Å². The first kappa shape index (κ1) is 19.2. The van der Waals surface area contributed by atoms with E-state index in [9.17, 15) is 9.59 Å². The van der Waals surface area contributed by atoms with Crippen LogP contribution in [0.4, 0.5) is 17.2 Å². The number of pyridine rings is 1. The molecule has 1 amide bonds. The van der Waals surface area contributed by atoms with E-state index in [1.165, 1.54) is 18.3 Å². The first-order valence-electron chi connectivity index (χ1n) is 9.00. The number of hydrogen-bond donors (Lipinski definition) is 3. The van der Waals surface area contributed by atoms with Crippen LogP contribution in [-0.2, 0) is 4.79 Å². The molecular weight excluding hydrogens is 358 g/mol. The van der Waals surface area contributed by atoms with Crippen molar-refractivity contribution in [2.24, 2.45) is 5.92 Å². The number of carboxylic acid groups (broad SMARTS) is 1. The summed E-state index contributed by atoms with van der Waals surface area (Å²) in [4.78, 5) is 36.1. The van der Waals surface area contributed by atoms with E-state index in [2.05, 4.69) is 32.0 Å². The zero-order chi connectivity index (χ0) is 20.1. The third-order valence-corrected chi connectivity index (χ3v) is 4.67.